The zero-order chi connectivity index (χ0) is 7.28. The summed E-state index contributed by atoms with van der Waals surface area (Å²) in [5.74, 6) is -0.129. The second-order valence-electron chi connectivity index (χ2n) is 1.55. The summed E-state index contributed by atoms with van der Waals surface area (Å²) in [6.45, 7) is 1.89. The van der Waals surface area contributed by atoms with Crippen molar-refractivity contribution in [2.45, 2.75) is 18.6 Å². The van der Waals surface area contributed by atoms with E-state index in [1.54, 1.807) is 0 Å². The minimum absolute atomic E-state index is 0.129. The van der Waals surface area contributed by atoms with E-state index in [-0.39, 0.29) is 11.2 Å². The lowest BCUT2D eigenvalue weighted by Crippen LogP contribution is -2.28. The Kier molecular flexibility index (Phi) is 4.71. The van der Waals surface area contributed by atoms with Gasteiger partial charge in [-0.2, -0.15) is 12.6 Å². The Morgan fingerprint density at radius 1 is 2.00 bits per heavy atom. The molecule has 2 nitrogen and oxygen atoms in total. The molecule has 0 aliphatic rings. The summed E-state index contributed by atoms with van der Waals surface area (Å²) in [5.41, 5.74) is 1.20. The summed E-state index contributed by atoms with van der Waals surface area (Å²) in [7, 11) is 0. The Morgan fingerprint density at radius 2 is 2.56 bits per heavy atom. The molecular weight excluding hydrogens is 154 g/mol. The molecule has 1 N–H and O–H groups in total. The van der Waals surface area contributed by atoms with Gasteiger partial charge in [0.15, 0.2) is 0 Å². The average molecular weight is 163 g/mol. The molecule has 0 radical (unpaired) electrons. The maximum absolute atomic E-state index is 10.7. The van der Waals surface area contributed by atoms with Crippen LogP contribution in [0.4, 0.5) is 0 Å². The Labute approximate surface area is 65.4 Å². The average Bonchev–Trinajstić information content (AvgIpc) is 1.87. The first-order chi connectivity index (χ1) is 4.22. The lowest BCUT2D eigenvalue weighted by molar-refractivity contribution is -0.119. The van der Waals surface area contributed by atoms with Gasteiger partial charge in [-0.25, -0.2) is 0 Å². The summed E-state index contributed by atoms with van der Waals surface area (Å²) in [5, 5.41) is 2.14. The number of carbonyl (C=O) groups is 1. The van der Waals surface area contributed by atoms with Gasteiger partial charge in [-0.3, -0.25) is 4.79 Å². The van der Waals surface area contributed by atoms with E-state index in [4.69, 9.17) is 0 Å². The second-order valence-corrected chi connectivity index (χ2v) is 2.41. The lowest BCUT2D eigenvalue weighted by Gasteiger charge is -2.03. The molecule has 0 aliphatic carbocycles. The molecule has 0 fully saturated rings. The zero-order valence-electron chi connectivity index (χ0n) is 5.13. The standard InChI is InChI=1S/C5H9NOS2/c1-2-4(9)5(7)6-3-8/h3-4,9H,2H2,1H3,(H,6,7,8). The summed E-state index contributed by atoms with van der Waals surface area (Å²) in [6, 6.07) is 0. The fourth-order valence-electron chi connectivity index (χ4n) is 0.340. The third kappa shape index (κ3) is 3.48. The van der Waals surface area contributed by atoms with Crippen LogP contribution in [0.5, 0.6) is 0 Å². The maximum atomic E-state index is 10.7. The van der Waals surface area contributed by atoms with Gasteiger partial charge in [0.1, 0.15) is 0 Å². The molecule has 0 saturated heterocycles. The van der Waals surface area contributed by atoms with Crippen LogP contribution in [0, 0.1) is 0 Å². The van der Waals surface area contributed by atoms with Gasteiger partial charge in [-0.05, 0) is 6.42 Å². The van der Waals surface area contributed by atoms with E-state index in [0.29, 0.717) is 0 Å². The van der Waals surface area contributed by atoms with Crippen molar-refractivity contribution in [2.75, 3.05) is 0 Å². The highest BCUT2D eigenvalue weighted by Gasteiger charge is 2.07. The largest absolute Gasteiger partial charge is 0.322 e. The number of amides is 1. The first kappa shape index (κ1) is 8.91. The molecule has 52 valence electrons. The number of nitrogens with one attached hydrogen (secondary N) is 1. The van der Waals surface area contributed by atoms with Crippen LogP contribution in [0.1, 0.15) is 13.3 Å². The predicted molar refractivity (Wildman–Crippen MR) is 44.9 cm³/mol. The van der Waals surface area contributed by atoms with Crippen LogP contribution in [0.25, 0.3) is 0 Å². The highest BCUT2D eigenvalue weighted by Crippen LogP contribution is 1.98. The van der Waals surface area contributed by atoms with Crippen molar-refractivity contribution in [3.05, 3.63) is 0 Å². The smallest absolute Gasteiger partial charge is 0.237 e. The van der Waals surface area contributed by atoms with Crippen LogP contribution in [0.3, 0.4) is 0 Å². The van der Waals surface area contributed by atoms with Crippen molar-refractivity contribution >= 4 is 36.2 Å². The number of thiol groups is 1. The van der Waals surface area contributed by atoms with Crippen LogP contribution in [-0.2, 0) is 4.79 Å². The highest BCUT2D eigenvalue weighted by atomic mass is 32.1. The van der Waals surface area contributed by atoms with Gasteiger partial charge in [0, 0.05) is 0 Å². The Bertz CT molecular complexity index is 116. The van der Waals surface area contributed by atoms with Crippen molar-refractivity contribution in [3.8, 4) is 0 Å². The van der Waals surface area contributed by atoms with E-state index in [2.05, 4.69) is 30.2 Å². The number of rotatable bonds is 3. The van der Waals surface area contributed by atoms with Crippen molar-refractivity contribution in [2.24, 2.45) is 0 Å². The Balaban J connectivity index is 3.58. The fraction of sp³-hybridized carbons (Fsp3) is 0.600. The Morgan fingerprint density at radius 3 is 2.89 bits per heavy atom. The molecule has 0 rings (SSSR count). The number of carbonyl (C=O) groups excluding carboxylic acids is 1. The number of hydrogen-bond acceptors (Lipinski definition) is 3. The summed E-state index contributed by atoms with van der Waals surface area (Å²) < 4.78 is 0. The van der Waals surface area contributed by atoms with Crippen LogP contribution in [-0.4, -0.2) is 16.6 Å². The third-order valence-electron chi connectivity index (χ3n) is 0.891. The van der Waals surface area contributed by atoms with Crippen molar-refractivity contribution in [3.63, 3.8) is 0 Å². The topological polar surface area (TPSA) is 29.1 Å². The first-order valence-corrected chi connectivity index (χ1v) is 3.63. The fourth-order valence-corrected chi connectivity index (χ4v) is 0.530. The molecule has 9 heavy (non-hydrogen) atoms. The molecule has 1 unspecified atom stereocenters. The van der Waals surface area contributed by atoms with Crippen LogP contribution in [0.15, 0.2) is 0 Å². The number of thiocarbonyl (C=S) groups is 1. The van der Waals surface area contributed by atoms with Crippen molar-refractivity contribution in [1.82, 2.24) is 5.32 Å². The maximum Gasteiger partial charge on any atom is 0.237 e. The Hall–Kier alpha value is -0.0900. The molecule has 0 aromatic rings. The summed E-state index contributed by atoms with van der Waals surface area (Å²) in [4.78, 5) is 10.7. The molecule has 0 spiro atoms. The van der Waals surface area contributed by atoms with Gasteiger partial charge >= 0.3 is 0 Å². The molecule has 1 amide bonds. The molecule has 0 aromatic carbocycles. The van der Waals surface area contributed by atoms with Crippen LogP contribution < -0.4 is 5.32 Å². The van der Waals surface area contributed by atoms with E-state index in [9.17, 15) is 4.79 Å². The normalized spacial score (nSPS) is 12.2. The first-order valence-electron chi connectivity index (χ1n) is 2.64. The minimum Gasteiger partial charge on any atom is -0.322 e. The predicted octanol–water partition coefficient (Wildman–Crippen LogP) is 0.768. The van der Waals surface area contributed by atoms with Gasteiger partial charge in [0.05, 0.1) is 10.7 Å². The van der Waals surface area contributed by atoms with Gasteiger partial charge in [-0.1, -0.05) is 19.1 Å². The van der Waals surface area contributed by atoms with E-state index < -0.39 is 0 Å². The monoisotopic (exact) mass is 163 g/mol. The third-order valence-corrected chi connectivity index (χ3v) is 1.61. The van der Waals surface area contributed by atoms with E-state index in [1.165, 1.54) is 5.49 Å². The molecule has 1 atom stereocenters. The molecule has 0 aliphatic heterocycles. The second kappa shape index (κ2) is 4.76. The van der Waals surface area contributed by atoms with E-state index in [1.807, 2.05) is 6.92 Å². The molecule has 0 saturated carbocycles. The lowest BCUT2D eigenvalue weighted by atomic mass is 10.3. The molecule has 0 aromatic heterocycles. The van der Waals surface area contributed by atoms with Gasteiger partial charge in [0.25, 0.3) is 0 Å². The number of hydrogen-bond donors (Lipinski definition) is 2. The molecule has 0 heterocycles. The quantitative estimate of drug-likeness (QED) is 0.475. The van der Waals surface area contributed by atoms with Crippen LogP contribution in [0.2, 0.25) is 0 Å². The van der Waals surface area contributed by atoms with Crippen LogP contribution >= 0.6 is 24.8 Å². The highest BCUT2D eigenvalue weighted by molar-refractivity contribution is 7.81. The minimum atomic E-state index is -0.232. The van der Waals surface area contributed by atoms with Gasteiger partial charge in [-0.15, -0.1) is 0 Å². The van der Waals surface area contributed by atoms with Gasteiger partial charge in [0.2, 0.25) is 5.91 Å². The molecule has 4 heteroatoms. The summed E-state index contributed by atoms with van der Waals surface area (Å²) >= 11 is 8.39. The van der Waals surface area contributed by atoms with E-state index in [0.717, 1.165) is 6.42 Å². The molecular formula is C5H9NOS2. The van der Waals surface area contributed by atoms with Gasteiger partial charge < -0.3 is 5.32 Å². The van der Waals surface area contributed by atoms with Crippen molar-refractivity contribution in [1.29, 1.82) is 0 Å². The zero-order valence-corrected chi connectivity index (χ0v) is 6.84. The van der Waals surface area contributed by atoms with Crippen molar-refractivity contribution < 1.29 is 4.79 Å². The summed E-state index contributed by atoms with van der Waals surface area (Å²) in [6.07, 6.45) is 0.720. The molecule has 0 bridgehead atoms. The van der Waals surface area contributed by atoms with E-state index >= 15 is 0 Å². The SMILES string of the molecule is CCC(S)C(=O)NC=S.